The van der Waals surface area contributed by atoms with Gasteiger partial charge in [-0.15, -0.1) is 0 Å². The Bertz CT molecular complexity index is 812. The van der Waals surface area contributed by atoms with E-state index >= 15 is 0 Å². The number of sulfonamides is 1. The van der Waals surface area contributed by atoms with E-state index in [0.29, 0.717) is 6.07 Å². The van der Waals surface area contributed by atoms with Crippen molar-refractivity contribution in [3.63, 3.8) is 0 Å². The standard InChI is InChI=1S/C12H6Cl3F2NO2S/c13-7-4-9(15)12(5-8(7)14)21(19,20)18-6-1-2-10(16)11(17)3-6/h1-5,18H. The minimum absolute atomic E-state index is 0.00766. The molecule has 0 saturated heterocycles. The van der Waals surface area contributed by atoms with Crippen LogP contribution in [0.5, 0.6) is 0 Å². The topological polar surface area (TPSA) is 46.2 Å². The highest BCUT2D eigenvalue weighted by Crippen LogP contribution is 2.32. The molecule has 0 saturated carbocycles. The predicted molar refractivity (Wildman–Crippen MR) is 78.6 cm³/mol. The first-order valence-corrected chi connectivity index (χ1v) is 7.95. The monoisotopic (exact) mass is 371 g/mol. The summed E-state index contributed by atoms with van der Waals surface area (Å²) in [4.78, 5) is -0.330. The van der Waals surface area contributed by atoms with Crippen LogP contribution in [0.1, 0.15) is 0 Å². The number of anilines is 1. The fourth-order valence-corrected chi connectivity index (χ4v) is 3.53. The van der Waals surface area contributed by atoms with Crippen LogP contribution in [0, 0.1) is 11.6 Å². The molecule has 2 rings (SSSR count). The molecule has 0 bridgehead atoms. The molecule has 0 radical (unpaired) electrons. The van der Waals surface area contributed by atoms with Crippen molar-refractivity contribution in [1.29, 1.82) is 0 Å². The van der Waals surface area contributed by atoms with E-state index in [1.54, 1.807) is 0 Å². The van der Waals surface area contributed by atoms with Gasteiger partial charge < -0.3 is 0 Å². The summed E-state index contributed by atoms with van der Waals surface area (Å²) in [6.07, 6.45) is 0. The third kappa shape index (κ3) is 3.58. The van der Waals surface area contributed by atoms with Gasteiger partial charge in [0.25, 0.3) is 10.0 Å². The van der Waals surface area contributed by atoms with Gasteiger partial charge in [-0.2, -0.15) is 0 Å². The van der Waals surface area contributed by atoms with Crippen molar-refractivity contribution in [1.82, 2.24) is 0 Å². The predicted octanol–water partition coefficient (Wildman–Crippen LogP) is 4.73. The molecule has 0 amide bonds. The van der Waals surface area contributed by atoms with Crippen molar-refractivity contribution in [2.75, 3.05) is 4.72 Å². The van der Waals surface area contributed by atoms with Gasteiger partial charge in [-0.3, -0.25) is 4.72 Å². The maximum Gasteiger partial charge on any atom is 0.263 e. The van der Waals surface area contributed by atoms with Crippen LogP contribution in [0.25, 0.3) is 0 Å². The number of halogens is 5. The summed E-state index contributed by atoms with van der Waals surface area (Å²) in [6, 6.07) is 4.81. The van der Waals surface area contributed by atoms with Crippen LogP contribution in [-0.4, -0.2) is 8.42 Å². The zero-order valence-corrected chi connectivity index (χ0v) is 13.1. The van der Waals surface area contributed by atoms with Crippen LogP contribution in [-0.2, 0) is 10.0 Å². The Morgan fingerprint density at radius 2 is 1.48 bits per heavy atom. The maximum atomic E-state index is 13.1. The zero-order chi connectivity index (χ0) is 15.8. The van der Waals surface area contributed by atoms with Crippen LogP contribution >= 0.6 is 34.8 Å². The summed E-state index contributed by atoms with van der Waals surface area (Å²) < 4.78 is 52.3. The largest absolute Gasteiger partial charge is 0.279 e. The summed E-state index contributed by atoms with van der Waals surface area (Å²) >= 11 is 17.3. The highest BCUT2D eigenvalue weighted by atomic mass is 35.5. The molecule has 3 nitrogen and oxygen atoms in total. The maximum absolute atomic E-state index is 13.1. The van der Waals surface area contributed by atoms with Gasteiger partial charge in [0.2, 0.25) is 0 Å². The highest BCUT2D eigenvalue weighted by molar-refractivity contribution is 7.92. The van der Waals surface area contributed by atoms with Crippen molar-refractivity contribution in [3.8, 4) is 0 Å². The molecule has 0 fully saturated rings. The van der Waals surface area contributed by atoms with Gasteiger partial charge in [-0.1, -0.05) is 34.8 Å². The minimum atomic E-state index is -4.13. The fraction of sp³-hybridized carbons (Fsp3) is 0. The molecule has 2 aromatic rings. The van der Waals surface area contributed by atoms with E-state index in [1.165, 1.54) is 6.07 Å². The van der Waals surface area contributed by atoms with E-state index in [4.69, 9.17) is 34.8 Å². The normalized spacial score (nSPS) is 11.5. The lowest BCUT2D eigenvalue weighted by Gasteiger charge is -2.10. The molecule has 0 atom stereocenters. The van der Waals surface area contributed by atoms with Crippen molar-refractivity contribution < 1.29 is 17.2 Å². The number of benzene rings is 2. The Balaban J connectivity index is 2.43. The fourth-order valence-electron chi connectivity index (χ4n) is 1.48. The molecule has 0 heterocycles. The van der Waals surface area contributed by atoms with E-state index < -0.39 is 21.7 Å². The number of rotatable bonds is 3. The van der Waals surface area contributed by atoms with Gasteiger partial charge in [0, 0.05) is 6.07 Å². The van der Waals surface area contributed by atoms with E-state index in [-0.39, 0.29) is 25.7 Å². The molecular formula is C12H6Cl3F2NO2S. The highest BCUT2D eigenvalue weighted by Gasteiger charge is 2.20. The first-order valence-electron chi connectivity index (χ1n) is 5.33. The average Bonchev–Trinajstić information content (AvgIpc) is 2.37. The van der Waals surface area contributed by atoms with Crippen molar-refractivity contribution in [2.45, 2.75) is 4.90 Å². The lowest BCUT2D eigenvalue weighted by molar-refractivity contribution is 0.509. The zero-order valence-electron chi connectivity index (χ0n) is 10.0. The third-order valence-corrected chi connectivity index (χ3v) is 5.00. The van der Waals surface area contributed by atoms with Gasteiger partial charge in [0.1, 0.15) is 4.90 Å². The molecule has 0 unspecified atom stereocenters. The Morgan fingerprint density at radius 3 is 2.10 bits per heavy atom. The Hall–Kier alpha value is -1.08. The minimum Gasteiger partial charge on any atom is -0.279 e. The third-order valence-electron chi connectivity index (χ3n) is 2.44. The molecule has 112 valence electrons. The second-order valence-corrected chi connectivity index (χ2v) is 6.80. The molecule has 21 heavy (non-hydrogen) atoms. The average molecular weight is 373 g/mol. The Kier molecular flexibility index (Phi) is 4.63. The van der Waals surface area contributed by atoms with E-state index in [2.05, 4.69) is 4.72 Å². The van der Waals surface area contributed by atoms with Gasteiger partial charge in [-0.05, 0) is 24.3 Å². The van der Waals surface area contributed by atoms with E-state index in [1.807, 2.05) is 0 Å². The van der Waals surface area contributed by atoms with Gasteiger partial charge in [0.05, 0.1) is 20.8 Å². The summed E-state index contributed by atoms with van der Waals surface area (Å²) in [5.41, 5.74) is -0.156. The van der Waals surface area contributed by atoms with Crippen molar-refractivity contribution in [2.24, 2.45) is 0 Å². The number of hydrogen-bond donors (Lipinski definition) is 1. The Labute approximate surface area is 134 Å². The smallest absolute Gasteiger partial charge is 0.263 e. The van der Waals surface area contributed by atoms with Crippen LogP contribution in [0.3, 0.4) is 0 Å². The second-order valence-electron chi connectivity index (χ2n) is 3.93. The Morgan fingerprint density at radius 1 is 0.857 bits per heavy atom. The molecule has 1 N–H and O–H groups in total. The molecular weight excluding hydrogens is 367 g/mol. The summed E-state index contributed by atoms with van der Waals surface area (Å²) in [5.74, 6) is -2.28. The molecule has 0 aliphatic rings. The molecule has 0 spiro atoms. The summed E-state index contributed by atoms with van der Waals surface area (Å²) in [5, 5.41) is -0.0698. The van der Waals surface area contributed by atoms with Gasteiger partial charge in [0.15, 0.2) is 11.6 Å². The first-order chi connectivity index (χ1) is 9.70. The van der Waals surface area contributed by atoms with Crippen LogP contribution < -0.4 is 4.72 Å². The first kappa shape index (κ1) is 16.3. The van der Waals surface area contributed by atoms with Crippen LogP contribution in [0.15, 0.2) is 35.2 Å². The molecule has 0 aromatic heterocycles. The molecule has 9 heteroatoms. The molecule has 2 aromatic carbocycles. The van der Waals surface area contributed by atoms with E-state index in [0.717, 1.165) is 18.2 Å². The lowest BCUT2D eigenvalue weighted by Crippen LogP contribution is -2.13. The second kappa shape index (κ2) is 5.96. The molecule has 0 aliphatic heterocycles. The summed E-state index contributed by atoms with van der Waals surface area (Å²) in [6.45, 7) is 0. The molecule has 0 aliphatic carbocycles. The van der Waals surface area contributed by atoms with Crippen molar-refractivity contribution >= 4 is 50.5 Å². The van der Waals surface area contributed by atoms with E-state index in [9.17, 15) is 17.2 Å². The SMILES string of the molecule is O=S(=O)(Nc1ccc(F)c(F)c1)c1cc(Cl)c(Cl)cc1Cl. The summed E-state index contributed by atoms with van der Waals surface area (Å²) in [7, 11) is -4.13. The van der Waals surface area contributed by atoms with Gasteiger partial charge >= 0.3 is 0 Å². The quantitative estimate of drug-likeness (QED) is 0.792. The van der Waals surface area contributed by atoms with Crippen molar-refractivity contribution in [3.05, 3.63) is 57.0 Å². The van der Waals surface area contributed by atoms with Crippen LogP contribution in [0.2, 0.25) is 15.1 Å². The van der Waals surface area contributed by atoms with Gasteiger partial charge in [-0.25, -0.2) is 17.2 Å². The number of hydrogen-bond acceptors (Lipinski definition) is 2. The lowest BCUT2D eigenvalue weighted by atomic mass is 10.3. The number of nitrogens with one attached hydrogen (secondary N) is 1. The van der Waals surface area contributed by atoms with Crippen LogP contribution in [0.4, 0.5) is 14.5 Å².